The van der Waals surface area contributed by atoms with Gasteiger partial charge in [-0.05, 0) is 55.2 Å². The molecule has 3 aliphatic rings. The molecule has 3 heterocycles. The Bertz CT molecular complexity index is 1370. The standard InChI is InChI=1S/C29H30F3N5O3/c1-17-3-6-21(27(38)37-15-22(16-37)19-7-4-18(14-33)5-8-19)13-23(17)24-25(29(30,31)32)35-26(34-24)20-9-11-36(12-10-20)28(39)40-2/h3-8,13,20,22,26,34-35H,9-12,15-16H2,1-2H3. The van der Waals surface area contributed by atoms with Gasteiger partial charge in [0.05, 0.1) is 30.6 Å². The predicted molar refractivity (Wildman–Crippen MR) is 141 cm³/mol. The van der Waals surface area contributed by atoms with Gasteiger partial charge in [0.15, 0.2) is 0 Å². The van der Waals surface area contributed by atoms with Crippen molar-refractivity contribution in [1.82, 2.24) is 20.4 Å². The molecule has 2 saturated heterocycles. The molecule has 0 saturated carbocycles. The molecule has 0 aromatic heterocycles. The van der Waals surface area contributed by atoms with Gasteiger partial charge in [0.25, 0.3) is 5.91 Å². The van der Waals surface area contributed by atoms with Crippen LogP contribution in [0.4, 0.5) is 18.0 Å². The number of piperidine rings is 1. The van der Waals surface area contributed by atoms with Crippen molar-refractivity contribution < 1.29 is 27.5 Å². The van der Waals surface area contributed by atoms with Crippen molar-refractivity contribution in [2.75, 3.05) is 33.3 Å². The smallest absolute Gasteiger partial charge is 0.433 e. The molecule has 1 atom stereocenters. The number of benzene rings is 2. The summed E-state index contributed by atoms with van der Waals surface area (Å²) >= 11 is 0. The third-order valence-corrected chi connectivity index (χ3v) is 8.01. The molecule has 2 aromatic rings. The van der Waals surface area contributed by atoms with E-state index in [2.05, 4.69) is 16.7 Å². The highest BCUT2D eigenvalue weighted by Gasteiger charge is 2.45. The summed E-state index contributed by atoms with van der Waals surface area (Å²) in [5, 5.41) is 14.7. The molecule has 8 nitrogen and oxygen atoms in total. The fourth-order valence-corrected chi connectivity index (χ4v) is 5.60. The largest absolute Gasteiger partial charge is 0.453 e. The third kappa shape index (κ3) is 5.30. The number of carbonyl (C=O) groups excluding carboxylic acids is 2. The number of alkyl halides is 3. The number of rotatable bonds is 4. The number of nitrogens with zero attached hydrogens (tertiary/aromatic N) is 3. The van der Waals surface area contributed by atoms with Crippen LogP contribution in [0.1, 0.15) is 51.4 Å². The van der Waals surface area contributed by atoms with E-state index in [9.17, 15) is 22.8 Å². The Labute approximate surface area is 230 Å². The molecule has 0 radical (unpaired) electrons. The van der Waals surface area contributed by atoms with E-state index < -0.39 is 24.1 Å². The topological polar surface area (TPSA) is 97.7 Å². The van der Waals surface area contributed by atoms with Crippen LogP contribution < -0.4 is 10.6 Å². The van der Waals surface area contributed by atoms with Crippen LogP contribution >= 0.6 is 0 Å². The van der Waals surface area contributed by atoms with Gasteiger partial charge >= 0.3 is 12.3 Å². The van der Waals surface area contributed by atoms with Crippen molar-refractivity contribution in [3.8, 4) is 6.07 Å². The normalized spacial score (nSPS) is 19.9. The van der Waals surface area contributed by atoms with E-state index in [-0.39, 0.29) is 23.4 Å². The Morgan fingerprint density at radius 2 is 1.70 bits per heavy atom. The van der Waals surface area contributed by atoms with Crippen LogP contribution in [0.5, 0.6) is 0 Å². The summed E-state index contributed by atoms with van der Waals surface area (Å²) in [5.41, 5.74) is 1.94. The number of amides is 2. The zero-order chi connectivity index (χ0) is 28.6. The summed E-state index contributed by atoms with van der Waals surface area (Å²) in [5.74, 6) is -0.229. The van der Waals surface area contributed by atoms with Crippen molar-refractivity contribution >= 4 is 17.7 Å². The number of methoxy groups -OCH3 is 1. The fraction of sp³-hybridized carbons (Fsp3) is 0.414. The average molecular weight is 554 g/mol. The predicted octanol–water partition coefficient (Wildman–Crippen LogP) is 4.33. The SMILES string of the molecule is COC(=O)N1CCC(C2NC(c3cc(C(=O)N4CC(c5ccc(C#N)cc5)C4)ccc3C)=C(C(F)(F)F)N2)CC1. The average Bonchev–Trinajstić information content (AvgIpc) is 3.38. The van der Waals surface area contributed by atoms with E-state index in [4.69, 9.17) is 10.00 Å². The fourth-order valence-electron chi connectivity index (χ4n) is 5.60. The van der Waals surface area contributed by atoms with Gasteiger partial charge in [-0.1, -0.05) is 18.2 Å². The lowest BCUT2D eigenvalue weighted by atomic mass is 9.90. The van der Waals surface area contributed by atoms with E-state index in [0.29, 0.717) is 61.3 Å². The minimum absolute atomic E-state index is 0.0703. The number of nitrogens with one attached hydrogen (secondary N) is 2. The molecule has 2 N–H and O–H groups in total. The van der Waals surface area contributed by atoms with E-state index >= 15 is 0 Å². The first-order valence-electron chi connectivity index (χ1n) is 13.2. The molecule has 2 fully saturated rings. The van der Waals surface area contributed by atoms with E-state index in [1.54, 1.807) is 41.0 Å². The quantitative estimate of drug-likeness (QED) is 0.585. The minimum Gasteiger partial charge on any atom is -0.453 e. The highest BCUT2D eigenvalue weighted by Crippen LogP contribution is 2.37. The van der Waals surface area contributed by atoms with Gasteiger partial charge in [-0.25, -0.2) is 4.79 Å². The molecular weight excluding hydrogens is 523 g/mol. The monoisotopic (exact) mass is 553 g/mol. The Kier molecular flexibility index (Phi) is 7.36. The first-order valence-corrected chi connectivity index (χ1v) is 13.2. The molecule has 3 aliphatic heterocycles. The third-order valence-electron chi connectivity index (χ3n) is 8.01. The number of halogens is 3. The Balaban J connectivity index is 1.31. The molecular formula is C29H30F3N5O3. The van der Waals surface area contributed by atoms with Crippen molar-refractivity contribution in [1.29, 1.82) is 5.26 Å². The molecule has 0 spiro atoms. The number of likely N-dealkylation sites (tertiary alicyclic amines) is 2. The number of hydrogen-bond donors (Lipinski definition) is 2. The van der Waals surface area contributed by atoms with Crippen LogP contribution in [-0.4, -0.2) is 67.4 Å². The van der Waals surface area contributed by atoms with Crippen LogP contribution in [-0.2, 0) is 4.74 Å². The summed E-state index contributed by atoms with van der Waals surface area (Å²) in [7, 11) is 1.30. The maximum atomic E-state index is 14.2. The van der Waals surface area contributed by atoms with Crippen LogP contribution in [0.15, 0.2) is 48.2 Å². The van der Waals surface area contributed by atoms with Gasteiger partial charge in [-0.3, -0.25) is 4.79 Å². The number of carbonyl (C=O) groups is 2. The highest BCUT2D eigenvalue weighted by atomic mass is 19.4. The zero-order valence-corrected chi connectivity index (χ0v) is 22.2. The van der Waals surface area contributed by atoms with Crippen molar-refractivity contribution in [2.24, 2.45) is 5.92 Å². The molecule has 40 heavy (non-hydrogen) atoms. The van der Waals surface area contributed by atoms with Crippen LogP contribution in [0.2, 0.25) is 0 Å². The molecule has 0 bridgehead atoms. The van der Waals surface area contributed by atoms with Gasteiger partial charge < -0.3 is 25.2 Å². The summed E-state index contributed by atoms with van der Waals surface area (Å²) in [6, 6.07) is 14.2. The van der Waals surface area contributed by atoms with Crippen LogP contribution in [0.3, 0.4) is 0 Å². The zero-order valence-electron chi connectivity index (χ0n) is 22.2. The van der Waals surface area contributed by atoms with E-state index in [1.807, 2.05) is 12.1 Å². The van der Waals surface area contributed by atoms with Crippen molar-refractivity contribution in [3.63, 3.8) is 0 Å². The molecule has 2 aromatic carbocycles. The van der Waals surface area contributed by atoms with Gasteiger partial charge in [0, 0.05) is 49.1 Å². The Morgan fingerprint density at radius 3 is 2.30 bits per heavy atom. The van der Waals surface area contributed by atoms with Gasteiger partial charge in [0.2, 0.25) is 0 Å². The number of nitriles is 1. The second kappa shape index (κ2) is 10.8. The number of allylic oxidation sites excluding steroid dienone is 1. The first kappa shape index (κ1) is 27.4. The second-order valence-electron chi connectivity index (χ2n) is 10.5. The molecule has 2 amide bonds. The number of aryl methyl sites for hydroxylation is 1. The second-order valence-corrected chi connectivity index (χ2v) is 10.5. The van der Waals surface area contributed by atoms with Crippen LogP contribution in [0, 0.1) is 24.2 Å². The van der Waals surface area contributed by atoms with Gasteiger partial charge in [-0.15, -0.1) is 0 Å². The molecule has 1 unspecified atom stereocenters. The number of hydrogen-bond acceptors (Lipinski definition) is 6. The molecule has 5 rings (SSSR count). The van der Waals surface area contributed by atoms with Gasteiger partial charge in [-0.2, -0.15) is 18.4 Å². The molecule has 11 heteroatoms. The van der Waals surface area contributed by atoms with Crippen molar-refractivity contribution in [2.45, 2.75) is 38.0 Å². The maximum Gasteiger partial charge on any atom is 0.433 e. The summed E-state index contributed by atoms with van der Waals surface area (Å²) in [6.45, 7) is 3.51. The highest BCUT2D eigenvalue weighted by molar-refractivity contribution is 5.96. The van der Waals surface area contributed by atoms with E-state index in [0.717, 1.165) is 5.56 Å². The van der Waals surface area contributed by atoms with Crippen molar-refractivity contribution in [3.05, 3.63) is 76.0 Å². The van der Waals surface area contributed by atoms with E-state index in [1.165, 1.54) is 13.2 Å². The lowest BCUT2D eigenvalue weighted by Crippen LogP contribution is -2.48. The minimum atomic E-state index is -4.62. The Morgan fingerprint density at radius 1 is 1.02 bits per heavy atom. The lowest BCUT2D eigenvalue weighted by molar-refractivity contribution is -0.0962. The number of ether oxygens (including phenoxy) is 1. The van der Waals surface area contributed by atoms with Crippen LogP contribution in [0.25, 0.3) is 5.70 Å². The van der Waals surface area contributed by atoms with Gasteiger partial charge in [0.1, 0.15) is 5.70 Å². The maximum absolute atomic E-state index is 14.2. The first-order chi connectivity index (χ1) is 19.1. The Hall–Kier alpha value is -4.20. The lowest BCUT2D eigenvalue weighted by Gasteiger charge is -2.39. The summed E-state index contributed by atoms with van der Waals surface area (Å²) in [4.78, 5) is 28.3. The molecule has 210 valence electrons. The summed E-state index contributed by atoms with van der Waals surface area (Å²) < 4.78 is 47.2. The summed E-state index contributed by atoms with van der Waals surface area (Å²) in [6.07, 6.45) is -4.69. The molecule has 0 aliphatic carbocycles.